The van der Waals surface area contributed by atoms with Gasteiger partial charge in [-0.25, -0.2) is 9.59 Å². The zero-order valence-corrected chi connectivity index (χ0v) is 17.6. The SMILES string of the molecule is CN[C@@H](CC(=O)O)C(=O)NC(CC(=O)NCC(O)C(=O)O)C(=O)N[C@@H](CSC)C(=O)O. The van der Waals surface area contributed by atoms with E-state index in [1.165, 1.54) is 7.05 Å². The summed E-state index contributed by atoms with van der Waals surface area (Å²) in [6, 6.07) is -4.16. The van der Waals surface area contributed by atoms with E-state index in [0.29, 0.717) is 0 Å². The van der Waals surface area contributed by atoms with E-state index in [0.717, 1.165) is 11.8 Å². The summed E-state index contributed by atoms with van der Waals surface area (Å²) in [5.74, 6) is -7.11. The van der Waals surface area contributed by atoms with Gasteiger partial charge in [0.15, 0.2) is 6.10 Å². The molecule has 0 aliphatic rings. The Morgan fingerprint density at radius 2 is 1.39 bits per heavy atom. The molecule has 0 heterocycles. The highest BCUT2D eigenvalue weighted by atomic mass is 32.2. The van der Waals surface area contributed by atoms with Gasteiger partial charge in [-0.15, -0.1) is 0 Å². The first-order valence-corrected chi connectivity index (χ1v) is 10.2. The van der Waals surface area contributed by atoms with Crippen LogP contribution in [0, 0.1) is 0 Å². The first-order valence-electron chi connectivity index (χ1n) is 8.82. The van der Waals surface area contributed by atoms with Crippen LogP contribution >= 0.6 is 11.8 Å². The molecule has 0 rings (SSSR count). The van der Waals surface area contributed by atoms with Crippen molar-refractivity contribution in [2.24, 2.45) is 0 Å². The molecule has 0 saturated heterocycles. The number of carboxylic acids is 3. The summed E-state index contributed by atoms with van der Waals surface area (Å²) >= 11 is 1.13. The summed E-state index contributed by atoms with van der Waals surface area (Å²) in [5, 5.41) is 44.7. The molecule has 0 fully saturated rings. The lowest BCUT2D eigenvalue weighted by molar-refractivity contribution is -0.146. The van der Waals surface area contributed by atoms with E-state index in [1.807, 2.05) is 0 Å². The molecule has 0 aliphatic heterocycles. The van der Waals surface area contributed by atoms with Crippen LogP contribution in [-0.4, -0.2) is 106 Å². The molecule has 3 amide bonds. The Hall–Kier alpha value is -2.91. The van der Waals surface area contributed by atoms with Crippen LogP contribution in [0.15, 0.2) is 0 Å². The summed E-state index contributed by atoms with van der Waals surface area (Å²) in [6.07, 6.45) is -1.64. The van der Waals surface area contributed by atoms with Crippen molar-refractivity contribution in [2.75, 3.05) is 25.6 Å². The summed E-state index contributed by atoms with van der Waals surface area (Å²) in [4.78, 5) is 69.6. The second-order valence-electron chi connectivity index (χ2n) is 6.22. The van der Waals surface area contributed by atoms with Crippen molar-refractivity contribution in [3.05, 3.63) is 0 Å². The van der Waals surface area contributed by atoms with E-state index in [4.69, 9.17) is 15.3 Å². The van der Waals surface area contributed by atoms with Crippen LogP contribution in [0.3, 0.4) is 0 Å². The van der Waals surface area contributed by atoms with Gasteiger partial charge in [0, 0.05) is 5.75 Å². The monoisotopic (exact) mass is 466 g/mol. The molecule has 8 N–H and O–H groups in total. The smallest absolute Gasteiger partial charge is 0.334 e. The highest BCUT2D eigenvalue weighted by Gasteiger charge is 2.31. The molecular weight excluding hydrogens is 440 g/mol. The number of carboxylic acid groups (broad SMARTS) is 3. The molecule has 0 aromatic heterocycles. The third-order valence-electron chi connectivity index (χ3n) is 3.79. The average molecular weight is 466 g/mol. The molecule has 0 saturated carbocycles. The molecular formula is C16H26N4O10S. The van der Waals surface area contributed by atoms with Crippen molar-refractivity contribution in [1.82, 2.24) is 21.3 Å². The molecule has 0 bridgehead atoms. The number of aliphatic carboxylic acids is 3. The normalized spacial score (nSPS) is 14.4. The quantitative estimate of drug-likeness (QED) is 0.117. The molecule has 0 spiro atoms. The van der Waals surface area contributed by atoms with Crippen molar-refractivity contribution in [3.63, 3.8) is 0 Å². The van der Waals surface area contributed by atoms with Gasteiger partial charge in [0.05, 0.1) is 25.4 Å². The van der Waals surface area contributed by atoms with Gasteiger partial charge < -0.3 is 41.7 Å². The molecule has 4 atom stereocenters. The number of amides is 3. The molecule has 0 aromatic rings. The van der Waals surface area contributed by atoms with Crippen molar-refractivity contribution in [2.45, 2.75) is 37.1 Å². The highest BCUT2D eigenvalue weighted by molar-refractivity contribution is 7.98. The van der Waals surface area contributed by atoms with Crippen molar-refractivity contribution in [3.8, 4) is 0 Å². The Balaban J connectivity index is 5.39. The lowest BCUT2D eigenvalue weighted by Gasteiger charge is -2.23. The lowest BCUT2D eigenvalue weighted by atomic mass is 10.1. The molecule has 0 aromatic carbocycles. The molecule has 14 nitrogen and oxygen atoms in total. The topological polar surface area (TPSA) is 231 Å². The van der Waals surface area contributed by atoms with Gasteiger partial charge in [0.1, 0.15) is 12.1 Å². The van der Waals surface area contributed by atoms with E-state index in [9.17, 15) is 33.9 Å². The van der Waals surface area contributed by atoms with Gasteiger partial charge in [-0.2, -0.15) is 11.8 Å². The van der Waals surface area contributed by atoms with E-state index >= 15 is 0 Å². The third-order valence-corrected chi connectivity index (χ3v) is 4.46. The summed E-state index contributed by atoms with van der Waals surface area (Å²) in [7, 11) is 1.31. The Morgan fingerprint density at radius 1 is 0.839 bits per heavy atom. The minimum absolute atomic E-state index is 0.00308. The lowest BCUT2D eigenvalue weighted by Crippen LogP contribution is -2.56. The standard InChI is InChI=1S/C16H26N4O10S/c1-17-7(4-12(23)24)13(25)19-8(3-11(22)18-5-10(21)16(29)30)14(26)20-9(6-31-2)15(27)28/h7-10,17,21H,3-6H2,1-2H3,(H,18,22)(H,19,25)(H,20,26)(H,23,24)(H,27,28)(H,29,30)/t7-,8?,9-,10?/m0/s1. The fourth-order valence-electron chi connectivity index (χ4n) is 2.15. The molecule has 2 unspecified atom stereocenters. The van der Waals surface area contributed by atoms with E-state index in [2.05, 4.69) is 21.3 Å². The maximum absolute atomic E-state index is 12.5. The fraction of sp³-hybridized carbons (Fsp3) is 0.625. The number of hydrogen-bond donors (Lipinski definition) is 8. The molecule has 0 aliphatic carbocycles. The molecule has 31 heavy (non-hydrogen) atoms. The molecule has 0 radical (unpaired) electrons. The Bertz CT molecular complexity index is 689. The number of aliphatic hydroxyl groups excluding tert-OH is 1. The van der Waals surface area contributed by atoms with E-state index < -0.39 is 79.2 Å². The van der Waals surface area contributed by atoms with Crippen LogP contribution in [0.5, 0.6) is 0 Å². The van der Waals surface area contributed by atoms with Gasteiger partial charge in [-0.05, 0) is 13.3 Å². The van der Waals surface area contributed by atoms with E-state index in [-0.39, 0.29) is 5.75 Å². The van der Waals surface area contributed by atoms with Crippen molar-refractivity contribution >= 4 is 47.4 Å². The van der Waals surface area contributed by atoms with Crippen molar-refractivity contribution in [1.29, 1.82) is 0 Å². The van der Waals surface area contributed by atoms with Crippen LogP contribution in [0.2, 0.25) is 0 Å². The number of carbonyl (C=O) groups is 6. The minimum atomic E-state index is -1.90. The van der Waals surface area contributed by atoms with Crippen molar-refractivity contribution < 1.29 is 49.2 Å². The average Bonchev–Trinajstić information content (AvgIpc) is 2.68. The Kier molecular flexibility index (Phi) is 12.8. The number of aliphatic hydroxyl groups is 1. The van der Waals surface area contributed by atoms with Crippen LogP contribution < -0.4 is 21.3 Å². The first kappa shape index (κ1) is 28.1. The number of thioether (sulfide) groups is 1. The van der Waals surface area contributed by atoms with Crippen LogP contribution in [0.1, 0.15) is 12.8 Å². The van der Waals surface area contributed by atoms with Crippen LogP contribution in [0.25, 0.3) is 0 Å². The fourth-order valence-corrected chi connectivity index (χ4v) is 2.71. The second kappa shape index (κ2) is 14.2. The minimum Gasteiger partial charge on any atom is -0.481 e. The Labute approximate surface area is 181 Å². The molecule has 176 valence electrons. The Morgan fingerprint density at radius 3 is 1.84 bits per heavy atom. The number of rotatable bonds is 15. The maximum Gasteiger partial charge on any atom is 0.334 e. The van der Waals surface area contributed by atoms with E-state index in [1.54, 1.807) is 6.26 Å². The summed E-state index contributed by atoms with van der Waals surface area (Å²) in [6.45, 7) is -0.668. The number of nitrogens with one attached hydrogen (secondary N) is 4. The van der Waals surface area contributed by atoms with Gasteiger partial charge in [-0.1, -0.05) is 0 Å². The maximum atomic E-state index is 12.5. The van der Waals surface area contributed by atoms with Crippen LogP contribution in [-0.2, 0) is 28.8 Å². The zero-order chi connectivity index (χ0) is 24.1. The summed E-state index contributed by atoms with van der Waals surface area (Å²) in [5.41, 5.74) is 0. The van der Waals surface area contributed by atoms with Gasteiger partial charge in [0.2, 0.25) is 17.7 Å². The number of carbonyl (C=O) groups excluding carboxylic acids is 3. The second-order valence-corrected chi connectivity index (χ2v) is 7.13. The summed E-state index contributed by atoms with van der Waals surface area (Å²) < 4.78 is 0. The number of hydrogen-bond acceptors (Lipinski definition) is 9. The highest BCUT2D eigenvalue weighted by Crippen LogP contribution is 2.02. The van der Waals surface area contributed by atoms with Gasteiger partial charge in [0.25, 0.3) is 0 Å². The van der Waals surface area contributed by atoms with Gasteiger partial charge >= 0.3 is 17.9 Å². The first-order chi connectivity index (χ1) is 14.4. The number of likely N-dealkylation sites (N-methyl/N-ethyl adjacent to an activating group) is 1. The third kappa shape index (κ3) is 11.2. The largest absolute Gasteiger partial charge is 0.481 e. The van der Waals surface area contributed by atoms with Gasteiger partial charge in [-0.3, -0.25) is 19.2 Å². The predicted octanol–water partition coefficient (Wildman–Crippen LogP) is -3.58. The molecule has 15 heteroatoms. The zero-order valence-electron chi connectivity index (χ0n) is 16.8. The predicted molar refractivity (Wildman–Crippen MR) is 106 cm³/mol. The van der Waals surface area contributed by atoms with Crippen LogP contribution in [0.4, 0.5) is 0 Å².